The Hall–Kier alpha value is -3.06. The van der Waals surface area contributed by atoms with Crippen LogP contribution in [0.5, 0.6) is 5.75 Å². The van der Waals surface area contributed by atoms with Gasteiger partial charge in [0.15, 0.2) is 6.10 Å². The zero-order valence-electron chi connectivity index (χ0n) is 17.7. The molecule has 0 saturated carbocycles. The van der Waals surface area contributed by atoms with Gasteiger partial charge in [-0.3, -0.25) is 9.59 Å². The van der Waals surface area contributed by atoms with Crippen molar-refractivity contribution < 1.29 is 14.3 Å². The molecule has 0 saturated heterocycles. The van der Waals surface area contributed by atoms with Gasteiger partial charge in [-0.25, -0.2) is 5.43 Å². The number of rotatable bonds is 7. The van der Waals surface area contributed by atoms with E-state index >= 15 is 0 Å². The fraction of sp³-hybridized carbons (Fsp3) is 0.125. The quantitative estimate of drug-likeness (QED) is 0.297. The number of hydrogen-bond acceptors (Lipinski definition) is 4. The molecule has 1 atom stereocenters. The number of anilines is 1. The van der Waals surface area contributed by atoms with E-state index in [-0.39, 0.29) is 5.91 Å². The summed E-state index contributed by atoms with van der Waals surface area (Å²) in [7, 11) is 0. The van der Waals surface area contributed by atoms with E-state index in [0.29, 0.717) is 37.8 Å². The molecule has 1 unspecified atom stereocenters. The lowest BCUT2D eigenvalue weighted by molar-refractivity contribution is -0.127. The summed E-state index contributed by atoms with van der Waals surface area (Å²) in [6.07, 6.45) is -0.842. The topological polar surface area (TPSA) is 79.8 Å². The molecule has 3 rings (SSSR count). The van der Waals surface area contributed by atoms with Gasteiger partial charge >= 0.3 is 0 Å². The molecule has 3 aromatic rings. The average Bonchev–Trinajstić information content (AvgIpc) is 2.79. The average molecular weight is 505 g/mol. The van der Waals surface area contributed by atoms with Gasteiger partial charge in [0.2, 0.25) is 0 Å². The van der Waals surface area contributed by atoms with Crippen LogP contribution in [0.1, 0.15) is 29.8 Å². The van der Waals surface area contributed by atoms with E-state index in [4.69, 9.17) is 39.5 Å². The van der Waals surface area contributed by atoms with Gasteiger partial charge in [-0.15, -0.1) is 0 Å². The second-order valence-electron chi connectivity index (χ2n) is 7.05. The molecule has 0 spiro atoms. The number of ether oxygens (including phenoxy) is 1. The molecule has 0 heterocycles. The maximum Gasteiger partial charge on any atom is 0.280 e. The Morgan fingerprint density at radius 3 is 2.30 bits per heavy atom. The summed E-state index contributed by atoms with van der Waals surface area (Å²) in [5.41, 5.74) is 4.81. The Kier molecular flexibility index (Phi) is 8.33. The summed E-state index contributed by atoms with van der Waals surface area (Å²) in [4.78, 5) is 24.8. The minimum Gasteiger partial charge on any atom is -0.479 e. The van der Waals surface area contributed by atoms with Crippen LogP contribution in [0, 0.1) is 0 Å². The van der Waals surface area contributed by atoms with E-state index in [1.807, 2.05) is 6.07 Å². The molecule has 2 N–H and O–H groups in total. The summed E-state index contributed by atoms with van der Waals surface area (Å²) in [5.74, 6) is -0.375. The minimum atomic E-state index is -0.842. The number of benzene rings is 3. The molecule has 0 aliphatic heterocycles. The number of carbonyl (C=O) groups excluding carboxylic acids is 2. The molecule has 0 aliphatic carbocycles. The van der Waals surface area contributed by atoms with Crippen LogP contribution in [0.25, 0.3) is 0 Å². The van der Waals surface area contributed by atoms with Crippen molar-refractivity contribution in [3.8, 4) is 5.75 Å². The number of carbonyl (C=O) groups is 2. The Balaban J connectivity index is 1.62. The highest BCUT2D eigenvalue weighted by Crippen LogP contribution is 2.28. The maximum absolute atomic E-state index is 12.4. The minimum absolute atomic E-state index is 0.265. The van der Waals surface area contributed by atoms with E-state index in [9.17, 15) is 9.59 Å². The monoisotopic (exact) mass is 503 g/mol. The van der Waals surface area contributed by atoms with Gasteiger partial charge in [0.05, 0.1) is 10.7 Å². The molecule has 0 fully saturated rings. The van der Waals surface area contributed by atoms with Gasteiger partial charge in [-0.05, 0) is 74.0 Å². The smallest absolute Gasteiger partial charge is 0.280 e. The maximum atomic E-state index is 12.4. The van der Waals surface area contributed by atoms with Gasteiger partial charge in [-0.1, -0.05) is 46.9 Å². The van der Waals surface area contributed by atoms with Gasteiger partial charge in [0.1, 0.15) is 5.75 Å². The Morgan fingerprint density at radius 2 is 1.61 bits per heavy atom. The number of nitrogens with one attached hydrogen (secondary N) is 2. The van der Waals surface area contributed by atoms with Crippen LogP contribution in [-0.4, -0.2) is 23.6 Å². The number of amides is 2. The second-order valence-corrected chi connectivity index (χ2v) is 8.33. The lowest BCUT2D eigenvalue weighted by Crippen LogP contribution is -2.34. The summed E-state index contributed by atoms with van der Waals surface area (Å²) >= 11 is 17.8. The summed E-state index contributed by atoms with van der Waals surface area (Å²) < 4.78 is 5.58. The van der Waals surface area contributed by atoms with E-state index in [0.717, 1.165) is 5.56 Å². The molecular formula is C24H20Cl3N3O3. The highest BCUT2D eigenvalue weighted by molar-refractivity contribution is 6.35. The van der Waals surface area contributed by atoms with Gasteiger partial charge in [-0.2, -0.15) is 5.10 Å². The SMILES string of the molecule is CC(=NNC(=O)C(C)Oc1ccc(Cl)cc1Cl)c1cccc(NC(=O)c2ccc(Cl)cc2)c1. The van der Waals surface area contributed by atoms with Crippen LogP contribution in [0.4, 0.5) is 5.69 Å². The first-order chi connectivity index (χ1) is 15.7. The molecule has 0 aliphatic rings. The largest absolute Gasteiger partial charge is 0.479 e. The summed E-state index contributed by atoms with van der Waals surface area (Å²) in [6, 6.07) is 18.4. The molecule has 9 heteroatoms. The normalized spacial score (nSPS) is 12.1. The summed E-state index contributed by atoms with van der Waals surface area (Å²) in [6.45, 7) is 3.32. The standard InChI is InChI=1S/C24H20Cl3N3O3/c1-14(29-30-23(31)15(2)33-22-11-10-19(26)13-21(22)27)17-4-3-5-20(12-17)28-24(32)16-6-8-18(25)9-7-16/h3-13,15H,1-2H3,(H,28,32)(H,30,31). The first-order valence-electron chi connectivity index (χ1n) is 9.86. The van der Waals surface area contributed by atoms with Crippen LogP contribution in [0.2, 0.25) is 15.1 Å². The third kappa shape index (κ3) is 6.96. The van der Waals surface area contributed by atoms with Gasteiger partial charge in [0.25, 0.3) is 11.8 Å². The van der Waals surface area contributed by atoms with Gasteiger partial charge < -0.3 is 10.1 Å². The molecule has 6 nitrogen and oxygen atoms in total. The van der Waals surface area contributed by atoms with Crippen molar-refractivity contribution >= 4 is 58.0 Å². The molecule has 3 aromatic carbocycles. The predicted molar refractivity (Wildman–Crippen MR) is 133 cm³/mol. The zero-order valence-corrected chi connectivity index (χ0v) is 20.0. The Morgan fingerprint density at radius 1 is 0.909 bits per heavy atom. The van der Waals surface area contributed by atoms with Crippen LogP contribution >= 0.6 is 34.8 Å². The third-order valence-electron chi connectivity index (χ3n) is 4.55. The van der Waals surface area contributed by atoms with E-state index in [1.165, 1.54) is 6.07 Å². The van der Waals surface area contributed by atoms with Crippen molar-refractivity contribution in [3.05, 3.63) is 92.9 Å². The molecule has 0 radical (unpaired) electrons. The third-order valence-corrected chi connectivity index (χ3v) is 5.33. The summed E-state index contributed by atoms with van der Waals surface area (Å²) in [5, 5.41) is 8.29. The molecule has 0 bridgehead atoms. The first kappa shape index (κ1) is 24.6. The number of hydrazone groups is 1. The van der Waals surface area contributed by atoms with Crippen molar-refractivity contribution in [3.63, 3.8) is 0 Å². The van der Waals surface area contributed by atoms with Crippen molar-refractivity contribution in [1.29, 1.82) is 0 Å². The lowest BCUT2D eigenvalue weighted by Gasteiger charge is -2.14. The highest BCUT2D eigenvalue weighted by Gasteiger charge is 2.16. The predicted octanol–water partition coefficient (Wildman–Crippen LogP) is 6.21. The van der Waals surface area contributed by atoms with Crippen LogP contribution < -0.4 is 15.5 Å². The van der Waals surface area contributed by atoms with Gasteiger partial charge in [0, 0.05) is 21.3 Å². The Bertz CT molecular complexity index is 1200. The second kappa shape index (κ2) is 11.2. The van der Waals surface area contributed by atoms with Crippen LogP contribution in [-0.2, 0) is 4.79 Å². The molecule has 33 heavy (non-hydrogen) atoms. The zero-order chi connectivity index (χ0) is 24.0. The van der Waals surface area contributed by atoms with E-state index in [1.54, 1.807) is 68.4 Å². The van der Waals surface area contributed by atoms with Crippen molar-refractivity contribution in [2.45, 2.75) is 20.0 Å². The highest BCUT2D eigenvalue weighted by atomic mass is 35.5. The number of hydrogen-bond donors (Lipinski definition) is 2. The fourth-order valence-electron chi connectivity index (χ4n) is 2.74. The lowest BCUT2D eigenvalue weighted by atomic mass is 10.1. The number of nitrogens with zero attached hydrogens (tertiary/aromatic N) is 1. The number of halogens is 3. The molecule has 0 aromatic heterocycles. The van der Waals surface area contributed by atoms with Crippen molar-refractivity contribution in [2.75, 3.05) is 5.32 Å². The first-order valence-corrected chi connectivity index (χ1v) is 11.0. The molecular weight excluding hydrogens is 485 g/mol. The van der Waals surface area contributed by atoms with Crippen molar-refractivity contribution in [2.24, 2.45) is 5.10 Å². The van der Waals surface area contributed by atoms with Crippen LogP contribution in [0.15, 0.2) is 71.8 Å². The molecule has 170 valence electrons. The van der Waals surface area contributed by atoms with Crippen LogP contribution in [0.3, 0.4) is 0 Å². The van der Waals surface area contributed by atoms with E-state index in [2.05, 4.69) is 15.8 Å². The van der Waals surface area contributed by atoms with Crippen molar-refractivity contribution in [1.82, 2.24) is 5.43 Å². The molecule has 2 amide bonds. The van der Waals surface area contributed by atoms with E-state index < -0.39 is 12.0 Å². The fourth-order valence-corrected chi connectivity index (χ4v) is 3.31. The Labute approximate surface area is 206 Å².